The van der Waals surface area contributed by atoms with Crippen LogP contribution in [0.5, 0.6) is 0 Å². The van der Waals surface area contributed by atoms with Gasteiger partial charge in [-0.05, 0) is 12.8 Å². The van der Waals surface area contributed by atoms with Crippen LogP contribution in [0.4, 0.5) is 0 Å². The molecule has 110 valence electrons. The molecule has 0 radical (unpaired) electrons. The predicted molar refractivity (Wildman–Crippen MR) is 70.3 cm³/mol. The van der Waals surface area contributed by atoms with Crippen molar-refractivity contribution in [2.45, 2.75) is 19.3 Å². The molecule has 0 fully saturated rings. The second-order valence-corrected chi connectivity index (χ2v) is 3.25. The smallest absolute Gasteiger partial charge is 0.330 e. The fourth-order valence-electron chi connectivity index (χ4n) is 0.742. The van der Waals surface area contributed by atoms with Crippen molar-refractivity contribution in [3.05, 3.63) is 25.3 Å². The summed E-state index contributed by atoms with van der Waals surface area (Å²) in [6, 6.07) is 0. The van der Waals surface area contributed by atoms with Gasteiger partial charge in [0.1, 0.15) is 0 Å². The van der Waals surface area contributed by atoms with Gasteiger partial charge in [-0.25, -0.2) is 9.59 Å². The average molecular weight is 274 g/mol. The molecule has 0 aromatic rings. The van der Waals surface area contributed by atoms with Crippen LogP contribution < -0.4 is 0 Å². The number of rotatable bonds is 9. The molecule has 6 heteroatoms. The van der Waals surface area contributed by atoms with E-state index in [-0.39, 0.29) is 19.8 Å². The number of carbonyl (C=O) groups is 2. The zero-order valence-corrected chi connectivity index (χ0v) is 11.0. The summed E-state index contributed by atoms with van der Waals surface area (Å²) in [5.74, 6) is -0.846. The third kappa shape index (κ3) is 18.9. The molecule has 0 bridgehead atoms. The van der Waals surface area contributed by atoms with Crippen LogP contribution in [0, 0.1) is 0 Å². The Balaban J connectivity index is 0. The molecule has 6 nitrogen and oxygen atoms in total. The molecular weight excluding hydrogens is 252 g/mol. The van der Waals surface area contributed by atoms with Crippen LogP contribution in [0.3, 0.4) is 0 Å². The fraction of sp³-hybridized carbons (Fsp3) is 0.538. The predicted octanol–water partition coefficient (Wildman–Crippen LogP) is 0.586. The van der Waals surface area contributed by atoms with Crippen molar-refractivity contribution in [1.29, 1.82) is 0 Å². The normalized spacial score (nSPS) is 8.74. The van der Waals surface area contributed by atoms with Crippen LogP contribution in [-0.2, 0) is 19.1 Å². The number of hydrogen-bond acceptors (Lipinski definition) is 6. The van der Waals surface area contributed by atoms with E-state index in [0.717, 1.165) is 12.2 Å². The van der Waals surface area contributed by atoms with E-state index in [4.69, 9.17) is 10.2 Å². The molecule has 2 N–H and O–H groups in total. The maximum atomic E-state index is 10.4. The Morgan fingerprint density at radius 2 is 1.26 bits per heavy atom. The highest BCUT2D eigenvalue weighted by Crippen LogP contribution is 1.88. The van der Waals surface area contributed by atoms with Crippen LogP contribution in [0.2, 0.25) is 0 Å². The van der Waals surface area contributed by atoms with Crippen molar-refractivity contribution in [1.82, 2.24) is 0 Å². The summed E-state index contributed by atoms with van der Waals surface area (Å²) < 4.78 is 9.14. The van der Waals surface area contributed by atoms with E-state index in [1.54, 1.807) is 0 Å². The lowest BCUT2D eigenvalue weighted by Crippen LogP contribution is -2.02. The minimum atomic E-state index is -0.441. The molecule has 0 saturated heterocycles. The van der Waals surface area contributed by atoms with E-state index in [1.807, 2.05) is 0 Å². The Morgan fingerprint density at radius 1 is 0.842 bits per heavy atom. The molecule has 0 aliphatic heterocycles. The highest BCUT2D eigenvalue weighted by atomic mass is 16.5. The van der Waals surface area contributed by atoms with Gasteiger partial charge >= 0.3 is 11.9 Å². The average Bonchev–Trinajstić information content (AvgIpc) is 2.44. The Bertz CT molecular complexity index is 262. The third-order valence-electron chi connectivity index (χ3n) is 1.68. The van der Waals surface area contributed by atoms with Gasteiger partial charge in [-0.2, -0.15) is 0 Å². The number of aliphatic hydroxyl groups is 2. The zero-order valence-electron chi connectivity index (χ0n) is 11.0. The first-order valence-electron chi connectivity index (χ1n) is 5.92. The number of aliphatic hydroxyl groups excluding tert-OH is 2. The van der Waals surface area contributed by atoms with Crippen molar-refractivity contribution in [3.63, 3.8) is 0 Å². The van der Waals surface area contributed by atoms with Crippen LogP contribution in [0.1, 0.15) is 19.3 Å². The lowest BCUT2D eigenvalue weighted by molar-refractivity contribution is -0.138. The van der Waals surface area contributed by atoms with Gasteiger partial charge in [0.05, 0.1) is 13.2 Å². The van der Waals surface area contributed by atoms with Gasteiger partial charge in [-0.1, -0.05) is 13.2 Å². The maximum Gasteiger partial charge on any atom is 0.330 e. The Morgan fingerprint density at radius 3 is 1.63 bits per heavy atom. The first-order valence-corrected chi connectivity index (χ1v) is 5.92. The minimum absolute atomic E-state index is 0.0461. The summed E-state index contributed by atoms with van der Waals surface area (Å²) in [5, 5.41) is 16.6. The quantitative estimate of drug-likeness (QED) is 0.363. The number of esters is 2. The molecule has 0 spiro atoms. The van der Waals surface area contributed by atoms with Gasteiger partial charge in [0, 0.05) is 31.8 Å². The molecule has 19 heavy (non-hydrogen) atoms. The first-order chi connectivity index (χ1) is 9.12. The molecule has 0 heterocycles. The number of ether oxygens (including phenoxy) is 2. The zero-order chi connectivity index (χ0) is 14.9. The summed E-state index contributed by atoms with van der Waals surface area (Å²) in [5.41, 5.74) is 0. The van der Waals surface area contributed by atoms with Crippen LogP contribution in [0.25, 0.3) is 0 Å². The standard InChI is InChI=1S/C7H12O3.C6H10O3/c1-2-7(9)10-6-4-3-5-8;1-2-6(8)9-5-3-4-7/h2,8H,1,3-6H2;2,7H,1,3-5H2. The van der Waals surface area contributed by atoms with E-state index in [9.17, 15) is 9.59 Å². The van der Waals surface area contributed by atoms with Crippen LogP contribution >= 0.6 is 0 Å². The molecule has 0 aliphatic carbocycles. The molecule has 0 aliphatic rings. The second-order valence-electron chi connectivity index (χ2n) is 3.25. The van der Waals surface area contributed by atoms with Crippen molar-refractivity contribution < 1.29 is 29.3 Å². The Kier molecular flexibility index (Phi) is 16.9. The van der Waals surface area contributed by atoms with Crippen LogP contribution in [0.15, 0.2) is 25.3 Å². The summed E-state index contributed by atoms with van der Waals surface area (Å²) in [6.45, 7) is 7.26. The number of hydrogen-bond donors (Lipinski definition) is 2. The molecule has 0 rings (SSSR count). The van der Waals surface area contributed by atoms with Gasteiger partial charge in [0.15, 0.2) is 0 Å². The SMILES string of the molecule is C=CC(=O)OCCCCO.C=CC(=O)OCCCO. The second kappa shape index (κ2) is 16.3. The fourth-order valence-corrected chi connectivity index (χ4v) is 0.742. The van der Waals surface area contributed by atoms with Gasteiger partial charge in [0.2, 0.25) is 0 Å². The van der Waals surface area contributed by atoms with E-state index >= 15 is 0 Å². The van der Waals surface area contributed by atoms with Crippen molar-refractivity contribution in [2.24, 2.45) is 0 Å². The van der Waals surface area contributed by atoms with Crippen molar-refractivity contribution in [2.75, 3.05) is 26.4 Å². The van der Waals surface area contributed by atoms with E-state index < -0.39 is 11.9 Å². The van der Waals surface area contributed by atoms with E-state index in [1.165, 1.54) is 0 Å². The lowest BCUT2D eigenvalue weighted by atomic mass is 10.3. The molecule has 0 unspecified atom stereocenters. The van der Waals surface area contributed by atoms with Crippen molar-refractivity contribution >= 4 is 11.9 Å². The summed E-state index contributed by atoms with van der Waals surface area (Å²) in [6.07, 6.45) is 4.08. The molecule has 0 saturated carbocycles. The van der Waals surface area contributed by atoms with E-state index in [0.29, 0.717) is 25.9 Å². The van der Waals surface area contributed by atoms with Crippen LogP contribution in [-0.4, -0.2) is 48.6 Å². The molecular formula is C13H22O6. The number of unbranched alkanes of at least 4 members (excludes halogenated alkanes) is 1. The third-order valence-corrected chi connectivity index (χ3v) is 1.68. The monoisotopic (exact) mass is 274 g/mol. The Hall–Kier alpha value is -1.66. The van der Waals surface area contributed by atoms with Gasteiger partial charge in [0.25, 0.3) is 0 Å². The highest BCUT2D eigenvalue weighted by molar-refractivity contribution is 5.81. The van der Waals surface area contributed by atoms with Crippen molar-refractivity contribution in [3.8, 4) is 0 Å². The number of carbonyl (C=O) groups excluding carboxylic acids is 2. The van der Waals surface area contributed by atoms with Gasteiger partial charge < -0.3 is 19.7 Å². The topological polar surface area (TPSA) is 93.1 Å². The lowest BCUT2D eigenvalue weighted by Gasteiger charge is -1.98. The van der Waals surface area contributed by atoms with Gasteiger partial charge in [-0.15, -0.1) is 0 Å². The van der Waals surface area contributed by atoms with E-state index in [2.05, 4.69) is 22.6 Å². The Labute approximate surface area is 113 Å². The maximum absolute atomic E-state index is 10.4. The molecule has 0 aromatic carbocycles. The van der Waals surface area contributed by atoms with Gasteiger partial charge in [-0.3, -0.25) is 0 Å². The first kappa shape index (κ1) is 19.7. The summed E-state index contributed by atoms with van der Waals surface area (Å²) in [7, 11) is 0. The highest BCUT2D eigenvalue weighted by Gasteiger charge is 1.93. The molecule has 0 aromatic heterocycles. The molecule has 0 amide bonds. The largest absolute Gasteiger partial charge is 0.463 e. The summed E-state index contributed by atoms with van der Waals surface area (Å²) >= 11 is 0. The summed E-state index contributed by atoms with van der Waals surface area (Å²) in [4.78, 5) is 20.6. The molecule has 0 atom stereocenters. The minimum Gasteiger partial charge on any atom is -0.463 e.